The molecule has 3 nitrogen and oxygen atoms in total. The van der Waals surface area contributed by atoms with Gasteiger partial charge in [0.05, 0.1) is 5.52 Å². The van der Waals surface area contributed by atoms with E-state index in [1.165, 1.54) is 49.7 Å². The van der Waals surface area contributed by atoms with Gasteiger partial charge in [-0.2, -0.15) is 0 Å². The summed E-state index contributed by atoms with van der Waals surface area (Å²) in [5, 5.41) is 1.28. The Balaban J connectivity index is 1.45. The number of hydrogen-bond acceptors (Lipinski definition) is 3. The molecular formula is C22H31N3. The van der Waals surface area contributed by atoms with Crippen molar-refractivity contribution in [3.05, 3.63) is 35.9 Å². The molecule has 0 saturated carbocycles. The molecule has 0 amide bonds. The average Bonchev–Trinajstić information content (AvgIpc) is 3.05. The Morgan fingerprint density at radius 1 is 1.00 bits per heavy atom. The van der Waals surface area contributed by atoms with Gasteiger partial charge in [-0.15, -0.1) is 0 Å². The molecule has 3 heteroatoms. The van der Waals surface area contributed by atoms with E-state index in [-0.39, 0.29) is 0 Å². The van der Waals surface area contributed by atoms with Crippen LogP contribution in [0.3, 0.4) is 0 Å². The highest BCUT2D eigenvalue weighted by atomic mass is 15.2. The van der Waals surface area contributed by atoms with Crippen molar-refractivity contribution in [2.45, 2.75) is 52.0 Å². The first-order valence-electron chi connectivity index (χ1n) is 10.1. The third-order valence-corrected chi connectivity index (χ3v) is 6.22. The van der Waals surface area contributed by atoms with Gasteiger partial charge in [0.1, 0.15) is 5.82 Å². The highest BCUT2D eigenvalue weighted by molar-refractivity contribution is 5.81. The number of benzene rings is 1. The molecule has 2 saturated heterocycles. The van der Waals surface area contributed by atoms with E-state index in [9.17, 15) is 0 Å². The summed E-state index contributed by atoms with van der Waals surface area (Å²) in [7, 11) is 0. The van der Waals surface area contributed by atoms with E-state index < -0.39 is 0 Å². The third-order valence-electron chi connectivity index (χ3n) is 6.22. The van der Waals surface area contributed by atoms with E-state index in [1.54, 1.807) is 0 Å². The van der Waals surface area contributed by atoms with Crippen LogP contribution in [0.4, 0.5) is 5.82 Å². The standard InChI is InChI=1S/C22H31N3/c1-17-9-13-25(14-10-17)22-8-6-20-16-19(5-7-21(20)23-22)11-15-24-12-3-4-18(24)2/h5-8,16-18H,3-4,9-15H2,1-2H3/t18-/m1/s1. The van der Waals surface area contributed by atoms with Crippen LogP contribution in [-0.4, -0.2) is 42.1 Å². The summed E-state index contributed by atoms with van der Waals surface area (Å²) in [6, 6.07) is 12.1. The molecule has 4 rings (SSSR count). The second-order valence-corrected chi connectivity index (χ2v) is 8.14. The largest absolute Gasteiger partial charge is 0.357 e. The van der Waals surface area contributed by atoms with E-state index in [0.29, 0.717) is 0 Å². The summed E-state index contributed by atoms with van der Waals surface area (Å²) in [6.07, 6.45) is 6.44. The van der Waals surface area contributed by atoms with Crippen LogP contribution in [0.1, 0.15) is 45.1 Å². The predicted molar refractivity (Wildman–Crippen MR) is 106 cm³/mol. The van der Waals surface area contributed by atoms with Crippen LogP contribution in [0.25, 0.3) is 10.9 Å². The molecule has 1 aromatic carbocycles. The first-order chi connectivity index (χ1) is 12.2. The zero-order valence-corrected chi connectivity index (χ0v) is 15.7. The fourth-order valence-corrected chi connectivity index (χ4v) is 4.33. The maximum absolute atomic E-state index is 4.93. The highest BCUT2D eigenvalue weighted by Gasteiger charge is 2.19. The molecule has 134 valence electrons. The van der Waals surface area contributed by atoms with Gasteiger partial charge in [0.15, 0.2) is 0 Å². The average molecular weight is 338 g/mol. The van der Waals surface area contributed by atoms with Crippen molar-refractivity contribution >= 4 is 16.7 Å². The van der Waals surface area contributed by atoms with Gasteiger partial charge in [-0.05, 0) is 81.3 Å². The molecule has 0 bridgehead atoms. The zero-order valence-electron chi connectivity index (χ0n) is 15.7. The Morgan fingerprint density at radius 2 is 1.84 bits per heavy atom. The number of anilines is 1. The van der Waals surface area contributed by atoms with Gasteiger partial charge in [-0.25, -0.2) is 4.98 Å². The number of aromatic nitrogens is 1. The van der Waals surface area contributed by atoms with Gasteiger partial charge < -0.3 is 9.80 Å². The Labute approximate surface area is 152 Å². The topological polar surface area (TPSA) is 19.4 Å². The second-order valence-electron chi connectivity index (χ2n) is 8.14. The molecule has 0 radical (unpaired) electrons. The van der Waals surface area contributed by atoms with Crippen molar-refractivity contribution < 1.29 is 0 Å². The number of pyridine rings is 1. The second kappa shape index (κ2) is 7.33. The molecule has 1 aromatic heterocycles. The van der Waals surface area contributed by atoms with Crippen molar-refractivity contribution in [3.8, 4) is 0 Å². The SMILES string of the molecule is CC1CCN(c2ccc3cc(CCN4CCC[C@H]4C)ccc3n2)CC1. The lowest BCUT2D eigenvalue weighted by Crippen LogP contribution is -2.33. The molecule has 1 atom stereocenters. The first-order valence-corrected chi connectivity index (χ1v) is 10.1. The minimum Gasteiger partial charge on any atom is -0.357 e. The zero-order chi connectivity index (χ0) is 17.2. The third kappa shape index (κ3) is 3.82. The summed E-state index contributed by atoms with van der Waals surface area (Å²) in [6.45, 7) is 9.46. The van der Waals surface area contributed by atoms with Crippen molar-refractivity contribution in [2.75, 3.05) is 31.1 Å². The van der Waals surface area contributed by atoms with E-state index in [4.69, 9.17) is 4.98 Å². The summed E-state index contributed by atoms with van der Waals surface area (Å²) in [5.74, 6) is 2.01. The van der Waals surface area contributed by atoms with Gasteiger partial charge in [-0.3, -0.25) is 0 Å². The van der Waals surface area contributed by atoms with E-state index in [2.05, 4.69) is 54.0 Å². The predicted octanol–water partition coefficient (Wildman–Crippen LogP) is 4.50. The minimum absolute atomic E-state index is 0.761. The lowest BCUT2D eigenvalue weighted by atomic mass is 9.99. The first kappa shape index (κ1) is 16.8. The van der Waals surface area contributed by atoms with Gasteiger partial charge >= 0.3 is 0 Å². The minimum atomic E-state index is 0.761. The summed E-state index contributed by atoms with van der Waals surface area (Å²) < 4.78 is 0. The highest BCUT2D eigenvalue weighted by Crippen LogP contribution is 2.24. The Hall–Kier alpha value is -1.61. The van der Waals surface area contributed by atoms with Crippen LogP contribution in [0.2, 0.25) is 0 Å². The van der Waals surface area contributed by atoms with Crippen LogP contribution in [0, 0.1) is 5.92 Å². The summed E-state index contributed by atoms with van der Waals surface area (Å²) >= 11 is 0. The number of hydrogen-bond donors (Lipinski definition) is 0. The Bertz CT molecular complexity index is 718. The maximum Gasteiger partial charge on any atom is 0.129 e. The van der Waals surface area contributed by atoms with Crippen LogP contribution >= 0.6 is 0 Å². The smallest absolute Gasteiger partial charge is 0.129 e. The monoisotopic (exact) mass is 337 g/mol. The normalized spacial score (nSPS) is 22.8. The lowest BCUT2D eigenvalue weighted by Gasteiger charge is -2.31. The molecule has 2 aliphatic heterocycles. The van der Waals surface area contributed by atoms with Gasteiger partial charge in [0.25, 0.3) is 0 Å². The molecule has 0 spiro atoms. The number of nitrogens with zero attached hydrogens (tertiary/aromatic N) is 3. The molecule has 2 aromatic rings. The molecular weight excluding hydrogens is 306 g/mol. The summed E-state index contributed by atoms with van der Waals surface area (Å²) in [5.41, 5.74) is 2.57. The van der Waals surface area contributed by atoms with Crippen molar-refractivity contribution in [1.29, 1.82) is 0 Å². The van der Waals surface area contributed by atoms with E-state index in [0.717, 1.165) is 42.8 Å². The van der Waals surface area contributed by atoms with Crippen molar-refractivity contribution in [3.63, 3.8) is 0 Å². The van der Waals surface area contributed by atoms with Gasteiger partial charge in [0, 0.05) is 31.1 Å². The number of fused-ring (bicyclic) bond motifs is 1. The van der Waals surface area contributed by atoms with E-state index >= 15 is 0 Å². The molecule has 2 fully saturated rings. The number of rotatable bonds is 4. The molecule has 0 N–H and O–H groups in total. The van der Waals surface area contributed by atoms with Crippen molar-refractivity contribution in [1.82, 2.24) is 9.88 Å². The fraction of sp³-hybridized carbons (Fsp3) is 0.591. The molecule has 25 heavy (non-hydrogen) atoms. The van der Waals surface area contributed by atoms with Crippen LogP contribution in [-0.2, 0) is 6.42 Å². The molecule has 0 aliphatic carbocycles. The Kier molecular flexibility index (Phi) is 4.93. The number of likely N-dealkylation sites (tertiary alicyclic amines) is 1. The van der Waals surface area contributed by atoms with Crippen molar-refractivity contribution in [2.24, 2.45) is 5.92 Å². The van der Waals surface area contributed by atoms with Crippen LogP contribution < -0.4 is 4.90 Å². The van der Waals surface area contributed by atoms with E-state index in [1.807, 2.05) is 0 Å². The summed E-state index contributed by atoms with van der Waals surface area (Å²) in [4.78, 5) is 10.0. The van der Waals surface area contributed by atoms with Gasteiger partial charge in [-0.1, -0.05) is 13.0 Å². The molecule has 2 aliphatic rings. The van der Waals surface area contributed by atoms with Crippen LogP contribution in [0.15, 0.2) is 30.3 Å². The lowest BCUT2D eigenvalue weighted by molar-refractivity contribution is 0.272. The fourth-order valence-electron chi connectivity index (χ4n) is 4.33. The molecule has 0 unspecified atom stereocenters. The van der Waals surface area contributed by atoms with Gasteiger partial charge in [0.2, 0.25) is 0 Å². The number of piperidine rings is 1. The molecule has 3 heterocycles. The maximum atomic E-state index is 4.93. The van der Waals surface area contributed by atoms with Crippen LogP contribution in [0.5, 0.6) is 0 Å². The Morgan fingerprint density at radius 3 is 2.60 bits per heavy atom. The quantitative estimate of drug-likeness (QED) is 0.819.